The molecule has 0 bridgehead atoms. The molecular weight excluding hydrogens is 432 g/mol. The zero-order valence-electron chi connectivity index (χ0n) is 19.0. The molecule has 0 aliphatic carbocycles. The van der Waals surface area contributed by atoms with Gasteiger partial charge < -0.3 is 20.5 Å². The Balaban J connectivity index is 1.47. The van der Waals surface area contributed by atoms with E-state index in [0.717, 1.165) is 18.6 Å². The van der Waals surface area contributed by atoms with Gasteiger partial charge in [0, 0.05) is 12.1 Å². The summed E-state index contributed by atoms with van der Waals surface area (Å²) in [7, 11) is 0. The number of carbonyl (C=O) groups excluding carboxylic acids is 2. The molecule has 0 spiro atoms. The summed E-state index contributed by atoms with van der Waals surface area (Å²) in [5, 5.41) is 14.5. The van der Waals surface area contributed by atoms with Gasteiger partial charge in [0.25, 0.3) is 5.91 Å². The molecule has 0 fully saturated rings. The van der Waals surface area contributed by atoms with Crippen molar-refractivity contribution in [2.45, 2.75) is 32.6 Å². The van der Waals surface area contributed by atoms with Crippen molar-refractivity contribution < 1.29 is 24.2 Å². The van der Waals surface area contributed by atoms with E-state index in [1.807, 2.05) is 24.3 Å². The Morgan fingerprint density at radius 3 is 2.24 bits per heavy atom. The van der Waals surface area contributed by atoms with Gasteiger partial charge in [0.2, 0.25) is 5.91 Å². The fourth-order valence-electron chi connectivity index (χ4n) is 3.30. The Kier molecular flexibility index (Phi) is 8.80. The van der Waals surface area contributed by atoms with Crippen molar-refractivity contribution in [3.05, 3.63) is 89.5 Å². The summed E-state index contributed by atoms with van der Waals surface area (Å²) in [6.07, 6.45) is 2.69. The molecule has 2 amide bonds. The van der Waals surface area contributed by atoms with Crippen molar-refractivity contribution in [3.63, 3.8) is 0 Å². The number of amides is 2. The van der Waals surface area contributed by atoms with E-state index in [-0.39, 0.29) is 11.5 Å². The van der Waals surface area contributed by atoms with Gasteiger partial charge in [-0.25, -0.2) is 4.79 Å². The first-order valence-electron chi connectivity index (χ1n) is 11.2. The molecule has 0 saturated heterocycles. The molecule has 0 radical (unpaired) electrons. The number of hydrogen-bond donors (Lipinski definition) is 3. The molecule has 0 unspecified atom stereocenters. The highest BCUT2D eigenvalue weighted by atomic mass is 16.5. The van der Waals surface area contributed by atoms with Gasteiger partial charge in [-0.05, 0) is 73.4 Å². The van der Waals surface area contributed by atoms with Crippen LogP contribution >= 0.6 is 0 Å². The van der Waals surface area contributed by atoms with Crippen LogP contribution in [0, 0.1) is 0 Å². The highest BCUT2D eigenvalue weighted by Gasteiger charge is 2.14. The van der Waals surface area contributed by atoms with E-state index in [0.29, 0.717) is 36.4 Å². The first-order chi connectivity index (χ1) is 16.5. The molecule has 0 aliphatic rings. The Hall–Kier alpha value is -4.13. The predicted molar refractivity (Wildman–Crippen MR) is 132 cm³/mol. The fourth-order valence-corrected chi connectivity index (χ4v) is 3.30. The molecular formula is C27H28N2O5. The monoisotopic (exact) mass is 460 g/mol. The van der Waals surface area contributed by atoms with Crippen LogP contribution in [0.25, 0.3) is 0 Å². The molecule has 3 aromatic carbocycles. The van der Waals surface area contributed by atoms with Crippen molar-refractivity contribution in [2.24, 2.45) is 0 Å². The second kappa shape index (κ2) is 12.2. The number of carboxylic acid groups (broad SMARTS) is 1. The largest absolute Gasteiger partial charge is 0.494 e. The van der Waals surface area contributed by atoms with Gasteiger partial charge in [0.15, 0.2) is 0 Å². The maximum Gasteiger partial charge on any atom is 0.335 e. The van der Waals surface area contributed by atoms with Crippen LogP contribution in [0.15, 0.2) is 72.8 Å². The number of carbonyl (C=O) groups is 3. The van der Waals surface area contributed by atoms with Gasteiger partial charge >= 0.3 is 5.97 Å². The summed E-state index contributed by atoms with van der Waals surface area (Å²) in [4.78, 5) is 36.1. The topological polar surface area (TPSA) is 105 Å². The fraction of sp³-hybridized carbons (Fsp3) is 0.222. The van der Waals surface area contributed by atoms with Gasteiger partial charge in [-0.15, -0.1) is 0 Å². The lowest BCUT2D eigenvalue weighted by molar-refractivity contribution is -0.116. The predicted octanol–water partition coefficient (Wildman–Crippen LogP) is 5.39. The Morgan fingerprint density at radius 1 is 0.853 bits per heavy atom. The van der Waals surface area contributed by atoms with Gasteiger partial charge in [-0.3, -0.25) is 9.59 Å². The van der Waals surface area contributed by atoms with Crippen LogP contribution in [0.2, 0.25) is 0 Å². The van der Waals surface area contributed by atoms with Crippen molar-refractivity contribution >= 4 is 29.2 Å². The molecule has 0 heterocycles. The number of nitrogens with one attached hydrogen (secondary N) is 2. The lowest BCUT2D eigenvalue weighted by atomic mass is 10.1. The molecule has 0 atom stereocenters. The first kappa shape index (κ1) is 24.5. The third-order valence-corrected chi connectivity index (χ3v) is 5.23. The second-order valence-electron chi connectivity index (χ2n) is 7.73. The van der Waals surface area contributed by atoms with Crippen molar-refractivity contribution in [1.29, 1.82) is 0 Å². The third-order valence-electron chi connectivity index (χ3n) is 5.23. The minimum absolute atomic E-state index is 0.130. The van der Waals surface area contributed by atoms with E-state index in [2.05, 4.69) is 17.6 Å². The highest BCUT2D eigenvalue weighted by molar-refractivity contribution is 6.10. The van der Waals surface area contributed by atoms with Gasteiger partial charge in [0.1, 0.15) is 5.75 Å². The lowest BCUT2D eigenvalue weighted by Crippen LogP contribution is -2.18. The Bertz CT molecular complexity index is 1120. The van der Waals surface area contributed by atoms with E-state index in [1.54, 1.807) is 24.3 Å². The van der Waals surface area contributed by atoms with Crippen LogP contribution in [0.5, 0.6) is 5.75 Å². The Labute approximate surface area is 198 Å². The standard InChI is InChI=1S/C27H28N2O5/c1-2-19-10-16-22(17-11-19)34-18-6-5-9-25(30)29-24-8-4-3-7-23(24)26(31)28-21-14-12-20(13-15-21)27(32)33/h3-4,7-8,10-17H,2,5-6,9,18H2,1H3,(H,28,31)(H,29,30)(H,32,33). The van der Waals surface area contributed by atoms with Crippen LogP contribution < -0.4 is 15.4 Å². The van der Waals surface area contributed by atoms with E-state index in [4.69, 9.17) is 9.84 Å². The third kappa shape index (κ3) is 7.20. The maximum atomic E-state index is 12.7. The molecule has 0 aromatic heterocycles. The highest BCUT2D eigenvalue weighted by Crippen LogP contribution is 2.19. The number of carboxylic acids is 1. The number of rotatable bonds is 11. The normalized spacial score (nSPS) is 10.4. The summed E-state index contributed by atoms with van der Waals surface area (Å²) < 4.78 is 5.72. The van der Waals surface area contributed by atoms with Gasteiger partial charge in [-0.1, -0.05) is 31.2 Å². The van der Waals surface area contributed by atoms with Crippen LogP contribution in [-0.2, 0) is 11.2 Å². The van der Waals surface area contributed by atoms with Crippen molar-refractivity contribution in [2.75, 3.05) is 17.2 Å². The number of benzene rings is 3. The molecule has 0 aliphatic heterocycles. The summed E-state index contributed by atoms with van der Waals surface area (Å²) >= 11 is 0. The molecule has 3 rings (SSSR count). The Morgan fingerprint density at radius 2 is 1.56 bits per heavy atom. The minimum Gasteiger partial charge on any atom is -0.494 e. The summed E-state index contributed by atoms with van der Waals surface area (Å²) in [5.74, 6) is -0.804. The molecule has 3 N–H and O–H groups in total. The van der Waals surface area contributed by atoms with Crippen LogP contribution in [0.4, 0.5) is 11.4 Å². The quantitative estimate of drug-likeness (QED) is 0.333. The molecule has 7 nitrogen and oxygen atoms in total. The summed E-state index contributed by atoms with van der Waals surface area (Å²) in [5.41, 5.74) is 2.58. The molecule has 176 valence electrons. The zero-order valence-corrected chi connectivity index (χ0v) is 19.0. The number of hydrogen-bond acceptors (Lipinski definition) is 4. The van der Waals surface area contributed by atoms with Gasteiger partial charge in [-0.2, -0.15) is 0 Å². The maximum absolute atomic E-state index is 12.7. The van der Waals surface area contributed by atoms with E-state index in [1.165, 1.54) is 29.8 Å². The van der Waals surface area contributed by atoms with E-state index >= 15 is 0 Å². The number of anilines is 2. The SMILES string of the molecule is CCc1ccc(OCCCCC(=O)Nc2ccccc2C(=O)Nc2ccc(C(=O)O)cc2)cc1. The molecule has 0 saturated carbocycles. The molecule has 7 heteroatoms. The number of aromatic carboxylic acids is 1. The molecule has 3 aromatic rings. The van der Waals surface area contributed by atoms with Crippen LogP contribution in [0.1, 0.15) is 52.5 Å². The average molecular weight is 461 g/mol. The van der Waals surface area contributed by atoms with Crippen molar-refractivity contribution in [1.82, 2.24) is 0 Å². The minimum atomic E-state index is -1.04. The van der Waals surface area contributed by atoms with E-state index in [9.17, 15) is 14.4 Å². The number of unbranched alkanes of at least 4 members (excludes halogenated alkanes) is 1. The number of para-hydroxylation sites is 1. The summed E-state index contributed by atoms with van der Waals surface area (Å²) in [6.45, 7) is 2.63. The van der Waals surface area contributed by atoms with Crippen molar-refractivity contribution in [3.8, 4) is 5.75 Å². The number of ether oxygens (including phenoxy) is 1. The van der Waals surface area contributed by atoms with Gasteiger partial charge in [0.05, 0.1) is 23.4 Å². The summed E-state index contributed by atoms with van der Waals surface area (Å²) in [6, 6.07) is 20.6. The van der Waals surface area contributed by atoms with Crippen LogP contribution in [0.3, 0.4) is 0 Å². The lowest BCUT2D eigenvalue weighted by Gasteiger charge is -2.12. The molecule has 34 heavy (non-hydrogen) atoms. The zero-order chi connectivity index (χ0) is 24.3. The smallest absolute Gasteiger partial charge is 0.335 e. The first-order valence-corrected chi connectivity index (χ1v) is 11.2. The van der Waals surface area contributed by atoms with E-state index < -0.39 is 11.9 Å². The second-order valence-corrected chi connectivity index (χ2v) is 7.73. The number of aryl methyl sites for hydroxylation is 1. The average Bonchev–Trinajstić information content (AvgIpc) is 2.85. The van der Waals surface area contributed by atoms with Crippen LogP contribution in [-0.4, -0.2) is 29.5 Å².